The number of carbonyl (C=O) groups is 1. The van der Waals surface area contributed by atoms with Gasteiger partial charge in [-0.25, -0.2) is 0 Å². The van der Waals surface area contributed by atoms with E-state index in [4.69, 9.17) is 0 Å². The van der Waals surface area contributed by atoms with Crippen LogP contribution in [0.15, 0.2) is 46.9 Å². The number of hydrogen-bond acceptors (Lipinski definition) is 1. The molecule has 2 heteroatoms. The molecule has 0 saturated heterocycles. The number of carbonyl (C=O) groups excluding carboxylic acids is 1. The first kappa shape index (κ1) is 12.1. The molecule has 2 aromatic carbocycles. The van der Waals surface area contributed by atoms with E-state index >= 15 is 0 Å². The molecule has 0 aliphatic carbocycles. The molecule has 2 rings (SSSR count). The smallest absolute Gasteiger partial charge is 0.194 e. The van der Waals surface area contributed by atoms with E-state index < -0.39 is 0 Å². The maximum Gasteiger partial charge on any atom is 0.194 e. The molecule has 0 aliphatic heterocycles. The normalized spacial score (nSPS) is 10.3. The first-order chi connectivity index (χ1) is 8.08. The first-order valence-electron chi connectivity index (χ1n) is 5.45. The van der Waals surface area contributed by atoms with Crippen molar-refractivity contribution in [2.75, 3.05) is 0 Å². The van der Waals surface area contributed by atoms with E-state index in [-0.39, 0.29) is 5.78 Å². The van der Waals surface area contributed by atoms with E-state index in [0.717, 1.165) is 21.2 Å². The Bertz CT molecular complexity index is 553. The van der Waals surface area contributed by atoms with Crippen molar-refractivity contribution in [2.24, 2.45) is 0 Å². The highest BCUT2D eigenvalue weighted by Crippen LogP contribution is 2.20. The van der Waals surface area contributed by atoms with E-state index in [9.17, 15) is 4.79 Å². The molecule has 0 N–H and O–H groups in total. The molecule has 1 nitrogen and oxygen atoms in total. The van der Waals surface area contributed by atoms with Gasteiger partial charge in [0.2, 0.25) is 0 Å². The monoisotopic (exact) mass is 288 g/mol. The van der Waals surface area contributed by atoms with Crippen molar-refractivity contribution in [1.82, 2.24) is 0 Å². The Hall–Kier alpha value is -1.41. The predicted octanol–water partition coefficient (Wildman–Crippen LogP) is 4.30. The minimum Gasteiger partial charge on any atom is -0.289 e. The van der Waals surface area contributed by atoms with Gasteiger partial charge in [0.15, 0.2) is 5.78 Å². The largest absolute Gasteiger partial charge is 0.289 e. The van der Waals surface area contributed by atoms with Gasteiger partial charge in [-0.2, -0.15) is 0 Å². The van der Waals surface area contributed by atoms with Crippen molar-refractivity contribution in [3.8, 4) is 0 Å². The molecule has 0 heterocycles. The Morgan fingerprint density at radius 2 is 1.59 bits per heavy atom. The van der Waals surface area contributed by atoms with Crippen LogP contribution >= 0.6 is 15.9 Å². The van der Waals surface area contributed by atoms with Crippen LogP contribution in [0.5, 0.6) is 0 Å². The summed E-state index contributed by atoms with van der Waals surface area (Å²) in [7, 11) is 0. The van der Waals surface area contributed by atoms with Gasteiger partial charge in [-0.3, -0.25) is 4.79 Å². The van der Waals surface area contributed by atoms with E-state index in [1.54, 1.807) is 0 Å². The SMILES string of the molecule is Cc1cc(C)cc(C(=O)c2ccccc2Br)c1. The van der Waals surface area contributed by atoms with Gasteiger partial charge in [-0.1, -0.05) is 45.3 Å². The highest BCUT2D eigenvalue weighted by atomic mass is 79.9. The Balaban J connectivity index is 2.48. The van der Waals surface area contributed by atoms with Gasteiger partial charge in [0.05, 0.1) is 0 Å². The molecule has 17 heavy (non-hydrogen) atoms. The average Bonchev–Trinajstić information content (AvgIpc) is 2.27. The highest BCUT2D eigenvalue weighted by Gasteiger charge is 2.12. The fourth-order valence-corrected chi connectivity index (χ4v) is 2.37. The second-order valence-corrected chi connectivity index (χ2v) is 5.04. The van der Waals surface area contributed by atoms with E-state index in [1.807, 2.05) is 50.2 Å². The van der Waals surface area contributed by atoms with Gasteiger partial charge in [0.1, 0.15) is 0 Å². The molecular formula is C15H13BrO. The maximum absolute atomic E-state index is 12.3. The van der Waals surface area contributed by atoms with Crippen LogP contribution in [0.3, 0.4) is 0 Å². The standard InChI is InChI=1S/C15H13BrO/c1-10-7-11(2)9-12(8-10)15(17)13-5-3-4-6-14(13)16/h3-9H,1-2H3. The topological polar surface area (TPSA) is 17.1 Å². The fraction of sp³-hybridized carbons (Fsp3) is 0.133. The first-order valence-corrected chi connectivity index (χ1v) is 6.25. The molecule has 0 unspecified atom stereocenters. The van der Waals surface area contributed by atoms with E-state index in [1.165, 1.54) is 0 Å². The van der Waals surface area contributed by atoms with Crippen LogP contribution < -0.4 is 0 Å². The summed E-state index contributed by atoms with van der Waals surface area (Å²) in [6.45, 7) is 4.01. The number of aryl methyl sites for hydroxylation is 2. The summed E-state index contributed by atoms with van der Waals surface area (Å²) in [6, 6.07) is 13.4. The maximum atomic E-state index is 12.3. The zero-order chi connectivity index (χ0) is 12.4. The summed E-state index contributed by atoms with van der Waals surface area (Å²) in [6.07, 6.45) is 0. The minimum atomic E-state index is 0.0595. The summed E-state index contributed by atoms with van der Waals surface area (Å²) in [5.74, 6) is 0.0595. The lowest BCUT2D eigenvalue weighted by Gasteiger charge is -2.06. The number of hydrogen-bond donors (Lipinski definition) is 0. The molecule has 0 aromatic heterocycles. The van der Waals surface area contributed by atoms with Crippen LogP contribution in [0.1, 0.15) is 27.0 Å². The van der Waals surface area contributed by atoms with Crippen LogP contribution in [0.25, 0.3) is 0 Å². The Kier molecular flexibility index (Phi) is 3.43. The van der Waals surface area contributed by atoms with E-state index in [0.29, 0.717) is 5.56 Å². The summed E-state index contributed by atoms with van der Waals surface area (Å²) in [5.41, 5.74) is 3.67. The van der Waals surface area contributed by atoms with Crippen LogP contribution in [-0.2, 0) is 0 Å². The van der Waals surface area contributed by atoms with Gasteiger partial charge in [-0.05, 0) is 38.1 Å². The van der Waals surface area contributed by atoms with Crippen LogP contribution in [0.2, 0.25) is 0 Å². The van der Waals surface area contributed by atoms with Crippen molar-refractivity contribution in [3.05, 3.63) is 69.2 Å². The lowest BCUT2D eigenvalue weighted by Crippen LogP contribution is -2.03. The molecule has 2 aromatic rings. The van der Waals surface area contributed by atoms with Crippen LogP contribution in [0, 0.1) is 13.8 Å². The van der Waals surface area contributed by atoms with Gasteiger partial charge >= 0.3 is 0 Å². The summed E-state index contributed by atoms with van der Waals surface area (Å²) >= 11 is 3.41. The second-order valence-electron chi connectivity index (χ2n) is 4.19. The van der Waals surface area contributed by atoms with Crippen molar-refractivity contribution in [3.63, 3.8) is 0 Å². The molecular weight excluding hydrogens is 276 g/mol. The Labute approximate surface area is 110 Å². The summed E-state index contributed by atoms with van der Waals surface area (Å²) in [5, 5.41) is 0. The van der Waals surface area contributed by atoms with Crippen molar-refractivity contribution >= 4 is 21.7 Å². The highest BCUT2D eigenvalue weighted by molar-refractivity contribution is 9.10. The molecule has 0 atom stereocenters. The third kappa shape index (κ3) is 2.64. The summed E-state index contributed by atoms with van der Waals surface area (Å²) in [4.78, 5) is 12.3. The van der Waals surface area contributed by atoms with E-state index in [2.05, 4.69) is 22.0 Å². The van der Waals surface area contributed by atoms with Crippen LogP contribution in [0.4, 0.5) is 0 Å². The molecule has 0 spiro atoms. The van der Waals surface area contributed by atoms with Crippen molar-refractivity contribution in [2.45, 2.75) is 13.8 Å². The minimum absolute atomic E-state index is 0.0595. The van der Waals surface area contributed by atoms with Gasteiger partial charge in [0.25, 0.3) is 0 Å². The molecule has 0 radical (unpaired) electrons. The lowest BCUT2D eigenvalue weighted by atomic mass is 9.99. The third-order valence-corrected chi connectivity index (χ3v) is 3.29. The van der Waals surface area contributed by atoms with Crippen molar-refractivity contribution < 1.29 is 4.79 Å². The molecule has 0 amide bonds. The second kappa shape index (κ2) is 4.84. The predicted molar refractivity (Wildman–Crippen MR) is 73.5 cm³/mol. The van der Waals surface area contributed by atoms with Crippen molar-refractivity contribution in [1.29, 1.82) is 0 Å². The molecule has 0 fully saturated rings. The molecule has 0 saturated carbocycles. The average molecular weight is 289 g/mol. The summed E-state index contributed by atoms with van der Waals surface area (Å²) < 4.78 is 0.837. The molecule has 86 valence electrons. The van der Waals surface area contributed by atoms with Gasteiger partial charge < -0.3 is 0 Å². The van der Waals surface area contributed by atoms with Gasteiger partial charge in [-0.15, -0.1) is 0 Å². The van der Waals surface area contributed by atoms with Gasteiger partial charge in [0, 0.05) is 15.6 Å². The molecule has 0 bridgehead atoms. The zero-order valence-electron chi connectivity index (χ0n) is 9.83. The number of ketones is 1. The number of benzene rings is 2. The zero-order valence-corrected chi connectivity index (χ0v) is 11.4. The Morgan fingerprint density at radius 1 is 1.00 bits per heavy atom. The fourth-order valence-electron chi connectivity index (χ4n) is 1.91. The number of halogens is 1. The Morgan fingerprint density at radius 3 is 2.18 bits per heavy atom. The van der Waals surface area contributed by atoms with Crippen LogP contribution in [-0.4, -0.2) is 5.78 Å². The quantitative estimate of drug-likeness (QED) is 0.753. The lowest BCUT2D eigenvalue weighted by molar-refractivity contribution is 0.103. The molecule has 0 aliphatic rings. The number of rotatable bonds is 2. The third-order valence-electron chi connectivity index (χ3n) is 2.60.